The lowest BCUT2D eigenvalue weighted by atomic mass is 9.82. The lowest BCUT2D eigenvalue weighted by Gasteiger charge is -2.29. The monoisotopic (exact) mass is 475 g/mol. The maximum absolute atomic E-state index is 12.5. The third-order valence-corrected chi connectivity index (χ3v) is 6.08. The second-order valence-electron chi connectivity index (χ2n) is 9.94. The number of carbonyl (C=O) groups excluding carboxylic acids is 1. The molecule has 34 heavy (non-hydrogen) atoms. The lowest BCUT2D eigenvalue weighted by molar-refractivity contribution is -0.118. The van der Waals surface area contributed by atoms with Crippen molar-refractivity contribution in [3.05, 3.63) is 24.3 Å². The fourth-order valence-corrected chi connectivity index (χ4v) is 4.41. The van der Waals surface area contributed by atoms with E-state index in [9.17, 15) is 25.2 Å². The van der Waals surface area contributed by atoms with Crippen molar-refractivity contribution >= 4 is 17.3 Å². The number of anilines is 2. The molecule has 1 heterocycles. The highest BCUT2D eigenvalue weighted by Gasteiger charge is 2.28. The number of unbranched alkanes of at least 4 members (excludes halogenated alkanes) is 1. The molecule has 8 heteroatoms. The second-order valence-corrected chi connectivity index (χ2v) is 9.94. The third-order valence-electron chi connectivity index (χ3n) is 6.08. The predicted molar refractivity (Wildman–Crippen MR) is 136 cm³/mol. The van der Waals surface area contributed by atoms with Crippen LogP contribution in [-0.4, -0.2) is 44.0 Å². The first kappa shape index (κ1) is 27.2. The number of nitrogens with one attached hydrogen (secondary N) is 1. The van der Waals surface area contributed by atoms with Gasteiger partial charge in [-0.1, -0.05) is 41.0 Å². The smallest absolute Gasteiger partial charge is 0.226 e. The maximum atomic E-state index is 12.5. The molecule has 1 aromatic carbocycles. The molecule has 190 valence electrons. The van der Waals surface area contributed by atoms with Gasteiger partial charge in [0.25, 0.3) is 0 Å². The molecule has 1 atom stereocenters. The summed E-state index contributed by atoms with van der Waals surface area (Å²) in [7, 11) is 0. The summed E-state index contributed by atoms with van der Waals surface area (Å²) in [5.74, 6) is 0.281. The first-order valence-electron chi connectivity index (χ1n) is 12.2. The van der Waals surface area contributed by atoms with E-state index < -0.39 is 0 Å². The largest absolute Gasteiger partial charge is 0.508 e. The molecule has 0 aliphatic rings. The number of nitrogens with zero attached hydrogens (tertiary/aromatic N) is 2. The molecular formula is C26H41N3O5. The number of rotatable bonds is 13. The molecule has 1 aromatic heterocycles. The highest BCUT2D eigenvalue weighted by Crippen LogP contribution is 2.40. The van der Waals surface area contributed by atoms with Crippen LogP contribution in [0.2, 0.25) is 0 Å². The van der Waals surface area contributed by atoms with E-state index in [1.54, 1.807) is 11.8 Å². The van der Waals surface area contributed by atoms with Crippen molar-refractivity contribution in [1.82, 2.24) is 4.57 Å². The van der Waals surface area contributed by atoms with Crippen LogP contribution in [-0.2, 0) is 11.3 Å². The molecule has 1 unspecified atom stereocenters. The maximum Gasteiger partial charge on any atom is 0.226 e. The summed E-state index contributed by atoms with van der Waals surface area (Å²) in [5, 5.41) is 44.1. The Kier molecular flexibility index (Phi) is 9.53. The number of aromatic nitrogens is 1. The van der Waals surface area contributed by atoms with E-state index in [2.05, 4.69) is 26.1 Å². The normalized spacial score (nSPS) is 12.5. The highest BCUT2D eigenvalue weighted by molar-refractivity contribution is 5.94. The number of phenolic OH excluding ortho intramolecular Hbond substituents is 2. The van der Waals surface area contributed by atoms with E-state index in [1.807, 2.05) is 6.92 Å². The third kappa shape index (κ3) is 7.23. The van der Waals surface area contributed by atoms with Crippen molar-refractivity contribution in [1.29, 1.82) is 0 Å². The van der Waals surface area contributed by atoms with E-state index in [0.717, 1.165) is 25.7 Å². The van der Waals surface area contributed by atoms with Gasteiger partial charge in [-0.05, 0) is 42.7 Å². The molecule has 0 spiro atoms. The molecule has 0 bridgehead atoms. The van der Waals surface area contributed by atoms with Crippen LogP contribution in [0.1, 0.15) is 66.7 Å². The minimum atomic E-state index is -0.235. The quantitative estimate of drug-likeness (QED) is 0.195. The number of aromatic hydroxyl groups is 4. The summed E-state index contributed by atoms with van der Waals surface area (Å²) in [4.78, 5) is 14.0. The lowest BCUT2D eigenvalue weighted by Crippen LogP contribution is -2.31. The van der Waals surface area contributed by atoms with E-state index >= 15 is 0 Å². The molecule has 5 N–H and O–H groups in total. The molecular weight excluding hydrogens is 434 g/mol. The molecule has 2 aromatic rings. The molecule has 0 aliphatic heterocycles. The fourth-order valence-electron chi connectivity index (χ4n) is 4.41. The number of hydrogen-bond acceptors (Lipinski definition) is 6. The Balaban J connectivity index is 2.03. The van der Waals surface area contributed by atoms with Crippen LogP contribution >= 0.6 is 0 Å². The Morgan fingerprint density at radius 2 is 1.85 bits per heavy atom. The molecule has 0 fully saturated rings. The zero-order valence-corrected chi connectivity index (χ0v) is 21.1. The van der Waals surface area contributed by atoms with Gasteiger partial charge in [-0.15, -0.1) is 0 Å². The van der Waals surface area contributed by atoms with Crippen molar-refractivity contribution in [3.63, 3.8) is 0 Å². The molecule has 1 amide bonds. The van der Waals surface area contributed by atoms with Crippen LogP contribution in [0.4, 0.5) is 11.4 Å². The van der Waals surface area contributed by atoms with Gasteiger partial charge in [0.05, 0.1) is 5.69 Å². The van der Waals surface area contributed by atoms with Crippen molar-refractivity contribution in [3.8, 4) is 23.3 Å². The Morgan fingerprint density at radius 1 is 1.15 bits per heavy atom. The topological polar surface area (TPSA) is 118 Å². The van der Waals surface area contributed by atoms with E-state index in [1.165, 1.54) is 28.8 Å². The minimum Gasteiger partial charge on any atom is -0.508 e. The summed E-state index contributed by atoms with van der Waals surface area (Å²) >= 11 is 0. The average molecular weight is 476 g/mol. The predicted octanol–water partition coefficient (Wildman–Crippen LogP) is 5.41. The van der Waals surface area contributed by atoms with Gasteiger partial charge in [-0.2, -0.15) is 0 Å². The van der Waals surface area contributed by atoms with E-state index in [4.69, 9.17) is 0 Å². The fraction of sp³-hybridized carbons (Fsp3) is 0.577. The van der Waals surface area contributed by atoms with Gasteiger partial charge in [-0.25, -0.2) is 0 Å². The standard InChI is InChI=1S/C26H41N3O5/c1-6-8-13-28(23(32)7-2)21-15-24(33)29(25(21)34)17-26(4,5)16-18(3)11-12-27-20-14-19(30)9-10-22(20)31/h9-10,14-15,18,27,30-31,33-34H,6-8,11-13,16-17H2,1-5H3. The highest BCUT2D eigenvalue weighted by atomic mass is 16.3. The Labute approximate surface area is 202 Å². The van der Waals surface area contributed by atoms with E-state index in [0.29, 0.717) is 43.3 Å². The van der Waals surface area contributed by atoms with Gasteiger partial charge >= 0.3 is 0 Å². The molecule has 8 nitrogen and oxygen atoms in total. The van der Waals surface area contributed by atoms with Crippen molar-refractivity contribution in [2.75, 3.05) is 23.3 Å². The minimum absolute atomic E-state index is 0.0559. The number of hydrogen-bond donors (Lipinski definition) is 5. The van der Waals surface area contributed by atoms with E-state index in [-0.39, 0.29) is 34.6 Å². The van der Waals surface area contributed by atoms with Gasteiger partial charge in [0.15, 0.2) is 5.88 Å². The summed E-state index contributed by atoms with van der Waals surface area (Å²) in [6, 6.07) is 5.85. The van der Waals surface area contributed by atoms with Crippen molar-refractivity contribution in [2.24, 2.45) is 11.3 Å². The first-order chi connectivity index (χ1) is 16.0. The molecule has 2 rings (SSSR count). The van der Waals surface area contributed by atoms with Gasteiger partial charge in [0.1, 0.15) is 17.2 Å². The van der Waals surface area contributed by atoms with Crippen LogP contribution < -0.4 is 10.2 Å². The SMILES string of the molecule is CCCCN(C(=O)CC)c1cc(O)n(CC(C)(C)CC(C)CCNc2cc(O)ccc2O)c1O. The number of benzene rings is 1. The average Bonchev–Trinajstić information content (AvgIpc) is 3.03. The van der Waals surface area contributed by atoms with Crippen LogP contribution in [0, 0.1) is 11.3 Å². The number of amides is 1. The van der Waals surface area contributed by atoms with Crippen LogP contribution in [0.3, 0.4) is 0 Å². The van der Waals surface area contributed by atoms with Crippen molar-refractivity contribution < 1.29 is 25.2 Å². The molecule has 0 saturated heterocycles. The van der Waals surface area contributed by atoms with Gasteiger partial charge in [0, 0.05) is 38.2 Å². The van der Waals surface area contributed by atoms with Crippen LogP contribution in [0.5, 0.6) is 23.3 Å². The van der Waals surface area contributed by atoms with Crippen LogP contribution in [0.25, 0.3) is 0 Å². The number of phenols is 2. The summed E-state index contributed by atoms with van der Waals surface area (Å²) < 4.78 is 1.48. The Morgan fingerprint density at radius 3 is 2.50 bits per heavy atom. The molecule has 0 radical (unpaired) electrons. The van der Waals surface area contributed by atoms with Gasteiger partial charge < -0.3 is 30.6 Å². The molecule has 0 saturated carbocycles. The molecule has 0 aliphatic carbocycles. The number of carbonyl (C=O) groups is 1. The van der Waals surface area contributed by atoms with Gasteiger partial charge in [0.2, 0.25) is 11.8 Å². The van der Waals surface area contributed by atoms with Crippen molar-refractivity contribution in [2.45, 2.75) is 73.3 Å². The summed E-state index contributed by atoms with van der Waals surface area (Å²) in [6.07, 6.45) is 3.73. The van der Waals surface area contributed by atoms with Gasteiger partial charge in [-0.3, -0.25) is 9.36 Å². The Bertz CT molecular complexity index is 954. The summed E-state index contributed by atoms with van der Waals surface area (Å²) in [5.41, 5.74) is 0.619. The zero-order valence-electron chi connectivity index (χ0n) is 21.1. The van der Waals surface area contributed by atoms with Crippen LogP contribution in [0.15, 0.2) is 24.3 Å². The zero-order chi connectivity index (χ0) is 25.5. The first-order valence-corrected chi connectivity index (χ1v) is 12.2. The summed E-state index contributed by atoms with van der Waals surface area (Å²) in [6.45, 7) is 11.7. The second kappa shape index (κ2) is 11.9. The Hall–Kier alpha value is -3.03.